The maximum atomic E-state index is 13.0. The molecule has 0 amide bonds. The number of benzene rings is 2. The lowest BCUT2D eigenvalue weighted by atomic mass is 10.1. The number of carbonyl (C=O) groups excluding carboxylic acids is 1. The molecule has 0 fully saturated rings. The Kier molecular flexibility index (Phi) is 16.9. The SMILES string of the molecule is CCOP(OCC)OCCc1ccc(OC(=O)c2ccccc2NC/C=C(\C)CC/C=C(\C)CCC=C(C)C)cc1. The van der Waals surface area contributed by atoms with Crippen molar-refractivity contribution in [3.05, 3.63) is 94.6 Å². The van der Waals surface area contributed by atoms with E-state index in [-0.39, 0.29) is 0 Å². The Morgan fingerprint density at radius 1 is 0.805 bits per heavy atom. The van der Waals surface area contributed by atoms with Gasteiger partial charge in [-0.25, -0.2) is 4.79 Å². The van der Waals surface area contributed by atoms with Crippen LogP contribution in [0.25, 0.3) is 0 Å². The van der Waals surface area contributed by atoms with Gasteiger partial charge in [0.1, 0.15) is 5.75 Å². The first-order chi connectivity index (χ1) is 19.8. The summed E-state index contributed by atoms with van der Waals surface area (Å²) in [6, 6.07) is 14.9. The summed E-state index contributed by atoms with van der Waals surface area (Å²) in [5, 5.41) is 3.38. The Balaban J connectivity index is 1.83. The van der Waals surface area contributed by atoms with E-state index in [4.69, 9.17) is 18.3 Å². The molecule has 0 saturated heterocycles. The van der Waals surface area contributed by atoms with Crippen LogP contribution in [0.5, 0.6) is 5.75 Å². The van der Waals surface area contributed by atoms with E-state index < -0.39 is 14.6 Å². The van der Waals surface area contributed by atoms with Gasteiger partial charge < -0.3 is 23.6 Å². The van der Waals surface area contributed by atoms with Gasteiger partial charge in [-0.3, -0.25) is 0 Å². The number of para-hydroxylation sites is 1. The minimum absolute atomic E-state index is 0.391. The highest BCUT2D eigenvalue weighted by molar-refractivity contribution is 7.41. The number of esters is 1. The summed E-state index contributed by atoms with van der Waals surface area (Å²) >= 11 is 0. The molecule has 0 aliphatic rings. The Morgan fingerprint density at radius 3 is 2.10 bits per heavy atom. The molecule has 0 aliphatic carbocycles. The molecule has 2 aromatic carbocycles. The van der Waals surface area contributed by atoms with Crippen LogP contribution in [-0.4, -0.2) is 32.3 Å². The molecule has 2 aromatic rings. The fourth-order valence-electron chi connectivity index (χ4n) is 3.94. The van der Waals surface area contributed by atoms with Crippen molar-refractivity contribution in [3.8, 4) is 5.75 Å². The second-order valence-corrected chi connectivity index (χ2v) is 11.3. The first-order valence-corrected chi connectivity index (χ1v) is 15.7. The second-order valence-electron chi connectivity index (χ2n) is 10.1. The van der Waals surface area contributed by atoms with E-state index in [1.807, 2.05) is 44.2 Å². The molecule has 0 heterocycles. The van der Waals surface area contributed by atoms with Crippen molar-refractivity contribution in [2.75, 3.05) is 31.7 Å². The van der Waals surface area contributed by atoms with Crippen molar-refractivity contribution in [3.63, 3.8) is 0 Å². The number of allylic oxidation sites excluding steroid dienone is 5. The zero-order chi connectivity index (χ0) is 29.9. The van der Waals surface area contributed by atoms with Crippen LogP contribution >= 0.6 is 8.60 Å². The third kappa shape index (κ3) is 14.6. The van der Waals surface area contributed by atoms with E-state index >= 15 is 0 Å². The van der Waals surface area contributed by atoms with Crippen molar-refractivity contribution < 1.29 is 23.1 Å². The van der Waals surface area contributed by atoms with Crippen LogP contribution < -0.4 is 10.1 Å². The first kappa shape index (κ1) is 34.4. The van der Waals surface area contributed by atoms with Crippen LogP contribution in [0.3, 0.4) is 0 Å². The molecule has 0 radical (unpaired) electrons. The van der Waals surface area contributed by atoms with E-state index in [1.54, 1.807) is 18.2 Å². The summed E-state index contributed by atoms with van der Waals surface area (Å²) in [6.45, 7) is 14.7. The van der Waals surface area contributed by atoms with Crippen LogP contribution in [0, 0.1) is 0 Å². The highest BCUT2D eigenvalue weighted by Gasteiger charge is 2.14. The molecule has 7 heteroatoms. The van der Waals surface area contributed by atoms with Gasteiger partial charge in [-0.05, 0) is 103 Å². The highest BCUT2D eigenvalue weighted by atomic mass is 31.2. The number of nitrogens with one attached hydrogen (secondary N) is 1. The average molecular weight is 582 g/mol. The maximum Gasteiger partial charge on any atom is 0.345 e. The van der Waals surface area contributed by atoms with Gasteiger partial charge in [0.05, 0.1) is 25.4 Å². The van der Waals surface area contributed by atoms with Crippen LogP contribution in [0.15, 0.2) is 83.5 Å². The minimum atomic E-state index is -1.30. The number of hydrogen-bond donors (Lipinski definition) is 1. The molecule has 41 heavy (non-hydrogen) atoms. The van der Waals surface area contributed by atoms with Gasteiger partial charge in [0, 0.05) is 12.2 Å². The largest absolute Gasteiger partial charge is 0.423 e. The van der Waals surface area contributed by atoms with E-state index in [2.05, 4.69) is 51.2 Å². The predicted octanol–water partition coefficient (Wildman–Crippen LogP) is 9.60. The molecule has 2 rings (SSSR count). The Hall–Kier alpha value is -2.76. The standard InChI is InChI=1S/C34H48NO5P/c1-7-37-41(38-8-2)39-26-24-30-19-21-31(22-20-30)40-34(36)32-17-9-10-18-33(32)35-25-23-29(6)16-12-15-28(5)14-11-13-27(3)4/h9-10,13,15,17-23,35H,7-8,11-12,14,16,24-26H2,1-6H3/b28-15+,29-23+. The van der Waals surface area contributed by atoms with E-state index in [9.17, 15) is 4.79 Å². The second kappa shape index (κ2) is 20.2. The van der Waals surface area contributed by atoms with Crippen molar-refractivity contribution in [1.82, 2.24) is 0 Å². The predicted molar refractivity (Wildman–Crippen MR) is 172 cm³/mol. The van der Waals surface area contributed by atoms with Gasteiger partial charge >= 0.3 is 14.6 Å². The summed E-state index contributed by atoms with van der Waals surface area (Å²) in [5.41, 5.74) is 6.48. The number of carbonyl (C=O) groups is 1. The maximum absolute atomic E-state index is 13.0. The lowest BCUT2D eigenvalue weighted by Crippen LogP contribution is -2.12. The van der Waals surface area contributed by atoms with Gasteiger partial charge in [0.15, 0.2) is 0 Å². The third-order valence-corrected chi connectivity index (χ3v) is 7.53. The van der Waals surface area contributed by atoms with Crippen molar-refractivity contribution in [1.29, 1.82) is 0 Å². The summed E-state index contributed by atoms with van der Waals surface area (Å²) in [7, 11) is -1.30. The number of ether oxygens (including phenoxy) is 1. The van der Waals surface area contributed by atoms with E-state index in [0.717, 1.165) is 36.9 Å². The molecule has 0 aromatic heterocycles. The molecule has 0 unspecified atom stereocenters. The summed E-state index contributed by atoms with van der Waals surface area (Å²) in [6.07, 6.45) is 11.8. The monoisotopic (exact) mass is 581 g/mol. The smallest absolute Gasteiger partial charge is 0.345 e. The number of rotatable bonds is 19. The van der Waals surface area contributed by atoms with Gasteiger partial charge in [0.25, 0.3) is 0 Å². The van der Waals surface area contributed by atoms with Gasteiger partial charge in [-0.2, -0.15) is 0 Å². The van der Waals surface area contributed by atoms with Gasteiger partial charge in [-0.15, -0.1) is 0 Å². The molecular formula is C34H48NO5P. The van der Waals surface area contributed by atoms with Crippen LogP contribution in [0.4, 0.5) is 5.69 Å². The molecular weight excluding hydrogens is 533 g/mol. The fraction of sp³-hybridized carbons (Fsp3) is 0.441. The molecule has 0 spiro atoms. The Morgan fingerprint density at radius 2 is 1.44 bits per heavy atom. The lowest BCUT2D eigenvalue weighted by molar-refractivity contribution is 0.0735. The molecule has 0 atom stereocenters. The lowest BCUT2D eigenvalue weighted by Gasteiger charge is -2.14. The van der Waals surface area contributed by atoms with E-state index in [1.165, 1.54) is 16.7 Å². The normalized spacial score (nSPS) is 12.0. The van der Waals surface area contributed by atoms with Crippen molar-refractivity contribution in [2.24, 2.45) is 0 Å². The van der Waals surface area contributed by atoms with Gasteiger partial charge in [-0.1, -0.05) is 59.2 Å². The fourth-order valence-corrected chi connectivity index (χ4v) is 4.82. The van der Waals surface area contributed by atoms with Gasteiger partial charge in [0.2, 0.25) is 0 Å². The summed E-state index contributed by atoms with van der Waals surface area (Å²) in [4.78, 5) is 13.0. The van der Waals surface area contributed by atoms with Crippen molar-refractivity contribution in [2.45, 2.75) is 73.6 Å². The van der Waals surface area contributed by atoms with Crippen LogP contribution in [0.2, 0.25) is 0 Å². The minimum Gasteiger partial charge on any atom is -0.423 e. The average Bonchev–Trinajstić information content (AvgIpc) is 2.94. The third-order valence-electron chi connectivity index (χ3n) is 6.20. The molecule has 224 valence electrons. The van der Waals surface area contributed by atoms with Crippen LogP contribution in [-0.2, 0) is 20.0 Å². The summed E-state index contributed by atoms with van der Waals surface area (Å²) in [5.74, 6) is 0.109. The first-order valence-electron chi connectivity index (χ1n) is 14.6. The molecule has 6 nitrogen and oxygen atoms in total. The highest BCUT2D eigenvalue weighted by Crippen LogP contribution is 2.39. The molecule has 0 saturated carbocycles. The number of hydrogen-bond acceptors (Lipinski definition) is 6. The Bertz CT molecular complexity index is 1130. The molecule has 0 bridgehead atoms. The summed E-state index contributed by atoms with van der Waals surface area (Å²) < 4.78 is 22.3. The van der Waals surface area contributed by atoms with Crippen molar-refractivity contribution >= 4 is 20.3 Å². The zero-order valence-electron chi connectivity index (χ0n) is 25.7. The van der Waals surface area contributed by atoms with Crippen LogP contribution in [0.1, 0.15) is 83.1 Å². The quantitative estimate of drug-likeness (QED) is 0.0771. The number of anilines is 1. The van der Waals surface area contributed by atoms with E-state index in [0.29, 0.717) is 44.1 Å². The molecule has 1 N–H and O–H groups in total. The topological polar surface area (TPSA) is 66.0 Å². The zero-order valence-corrected chi connectivity index (χ0v) is 26.6. The molecule has 0 aliphatic heterocycles. The Labute approximate surface area is 248 Å².